The number of nitrogens with zero attached hydrogens (tertiary/aromatic N) is 4. The number of hydrogen-bond donors (Lipinski definition) is 1. The Labute approximate surface area is 128 Å². The molecule has 0 atom stereocenters. The van der Waals surface area contributed by atoms with Gasteiger partial charge in [0.25, 0.3) is 0 Å². The molecule has 2 aromatic rings. The zero-order valence-electron chi connectivity index (χ0n) is 12.4. The van der Waals surface area contributed by atoms with Gasteiger partial charge < -0.3 is 5.32 Å². The van der Waals surface area contributed by atoms with Gasteiger partial charge in [-0.3, -0.25) is 0 Å². The zero-order chi connectivity index (χ0) is 14.5. The highest BCUT2D eigenvalue weighted by Crippen LogP contribution is 2.32. The smallest absolute Gasteiger partial charge is 0.161 e. The van der Waals surface area contributed by atoms with Crippen molar-refractivity contribution in [2.45, 2.75) is 52.5 Å². The Morgan fingerprint density at radius 1 is 1.10 bits per heavy atom. The monoisotopic (exact) mass is 311 g/mol. The molecule has 0 bridgehead atoms. The van der Waals surface area contributed by atoms with Crippen LogP contribution in [0.25, 0.3) is 9.88 Å². The molecule has 2 aromatic heterocycles. The average Bonchev–Trinajstić information content (AvgIpc) is 3.02. The summed E-state index contributed by atoms with van der Waals surface area (Å²) < 4.78 is 4.04. The van der Waals surface area contributed by atoms with E-state index in [1.165, 1.54) is 11.5 Å². The van der Waals surface area contributed by atoms with E-state index < -0.39 is 0 Å². The van der Waals surface area contributed by atoms with Crippen molar-refractivity contribution in [3.8, 4) is 9.88 Å². The van der Waals surface area contributed by atoms with E-state index in [4.69, 9.17) is 0 Å². The molecule has 2 heterocycles. The van der Waals surface area contributed by atoms with Gasteiger partial charge >= 0.3 is 0 Å². The van der Waals surface area contributed by atoms with Crippen molar-refractivity contribution < 1.29 is 0 Å². The first-order valence-electron chi connectivity index (χ1n) is 6.96. The van der Waals surface area contributed by atoms with Crippen LogP contribution in [-0.2, 0) is 6.42 Å². The maximum Gasteiger partial charge on any atom is 0.161 e. The highest BCUT2D eigenvalue weighted by atomic mass is 32.1. The number of nitrogens with one attached hydrogen (secondary N) is 1. The summed E-state index contributed by atoms with van der Waals surface area (Å²) in [6.07, 6.45) is 2.06. The lowest BCUT2D eigenvalue weighted by Crippen LogP contribution is -2.23. The number of rotatable bonds is 7. The van der Waals surface area contributed by atoms with E-state index in [0.717, 1.165) is 40.0 Å². The molecular weight excluding hydrogens is 290 g/mol. The van der Waals surface area contributed by atoms with Crippen LogP contribution >= 0.6 is 22.9 Å². The SMILES string of the molecule is CC(C)NCCCc1nnc(-c2snnc2C(C)C)s1. The molecule has 5 nitrogen and oxygen atoms in total. The van der Waals surface area contributed by atoms with Crippen molar-refractivity contribution in [3.63, 3.8) is 0 Å². The minimum Gasteiger partial charge on any atom is -0.315 e. The Kier molecular flexibility index (Phi) is 5.56. The van der Waals surface area contributed by atoms with E-state index in [-0.39, 0.29) is 0 Å². The van der Waals surface area contributed by atoms with Crippen LogP contribution in [0.4, 0.5) is 0 Å². The molecule has 0 amide bonds. The van der Waals surface area contributed by atoms with Crippen LogP contribution in [0.2, 0.25) is 0 Å². The molecule has 2 rings (SSSR count). The van der Waals surface area contributed by atoms with Crippen LogP contribution in [0.5, 0.6) is 0 Å². The summed E-state index contributed by atoms with van der Waals surface area (Å²) in [6, 6.07) is 0.539. The van der Waals surface area contributed by atoms with Crippen LogP contribution < -0.4 is 5.32 Å². The summed E-state index contributed by atoms with van der Waals surface area (Å²) in [7, 11) is 0. The van der Waals surface area contributed by atoms with Crippen molar-refractivity contribution >= 4 is 22.9 Å². The van der Waals surface area contributed by atoms with E-state index in [1.54, 1.807) is 11.3 Å². The first kappa shape index (κ1) is 15.5. The fourth-order valence-electron chi connectivity index (χ4n) is 1.80. The number of aromatic nitrogens is 4. The van der Waals surface area contributed by atoms with Gasteiger partial charge in [0.05, 0.1) is 5.69 Å². The predicted molar refractivity (Wildman–Crippen MR) is 84.4 cm³/mol. The Bertz CT molecular complexity index is 532. The number of aryl methyl sites for hydroxylation is 1. The second kappa shape index (κ2) is 7.19. The van der Waals surface area contributed by atoms with Gasteiger partial charge in [-0.2, -0.15) is 0 Å². The molecule has 0 fully saturated rings. The molecule has 20 heavy (non-hydrogen) atoms. The summed E-state index contributed by atoms with van der Waals surface area (Å²) >= 11 is 3.07. The maximum absolute atomic E-state index is 4.29. The Hall–Kier alpha value is -0.920. The van der Waals surface area contributed by atoms with E-state index >= 15 is 0 Å². The molecule has 0 saturated heterocycles. The lowest BCUT2D eigenvalue weighted by Gasteiger charge is -2.05. The van der Waals surface area contributed by atoms with Crippen LogP contribution in [0, 0.1) is 0 Å². The highest BCUT2D eigenvalue weighted by molar-refractivity contribution is 7.19. The molecule has 0 aliphatic carbocycles. The molecule has 0 saturated carbocycles. The first-order valence-corrected chi connectivity index (χ1v) is 8.55. The second-order valence-corrected chi connectivity index (χ2v) is 7.17. The summed E-state index contributed by atoms with van der Waals surface area (Å²) in [6.45, 7) is 9.59. The van der Waals surface area contributed by atoms with Crippen LogP contribution in [0.3, 0.4) is 0 Å². The Morgan fingerprint density at radius 2 is 1.90 bits per heavy atom. The molecule has 110 valence electrons. The third-order valence-corrected chi connectivity index (χ3v) is 4.72. The van der Waals surface area contributed by atoms with E-state index in [1.807, 2.05) is 0 Å². The molecular formula is C13H21N5S2. The van der Waals surface area contributed by atoms with Crippen molar-refractivity contribution in [2.24, 2.45) is 0 Å². The summed E-state index contributed by atoms with van der Waals surface area (Å²) in [5.41, 5.74) is 1.03. The van der Waals surface area contributed by atoms with Gasteiger partial charge in [-0.15, -0.1) is 15.3 Å². The van der Waals surface area contributed by atoms with Gasteiger partial charge in [-0.25, -0.2) is 0 Å². The van der Waals surface area contributed by atoms with Crippen molar-refractivity contribution in [1.82, 2.24) is 25.1 Å². The van der Waals surface area contributed by atoms with Crippen LogP contribution in [0.1, 0.15) is 50.7 Å². The second-order valence-electron chi connectivity index (χ2n) is 5.36. The molecule has 0 aliphatic heterocycles. The highest BCUT2D eigenvalue weighted by Gasteiger charge is 2.17. The molecule has 0 spiro atoms. The quantitative estimate of drug-likeness (QED) is 0.796. The van der Waals surface area contributed by atoms with Gasteiger partial charge in [-0.05, 0) is 30.4 Å². The standard InChI is InChI=1S/C13H21N5S2/c1-8(2)11-12(20-18-16-11)13-17-15-10(19-13)6-5-7-14-9(3)4/h8-9,14H,5-7H2,1-4H3. The zero-order valence-corrected chi connectivity index (χ0v) is 14.0. The van der Waals surface area contributed by atoms with Gasteiger partial charge in [0.1, 0.15) is 9.88 Å². The minimum absolute atomic E-state index is 0.367. The molecule has 1 N–H and O–H groups in total. The van der Waals surface area contributed by atoms with Crippen molar-refractivity contribution in [2.75, 3.05) is 6.54 Å². The molecule has 0 aliphatic rings. The van der Waals surface area contributed by atoms with E-state index in [0.29, 0.717) is 12.0 Å². The van der Waals surface area contributed by atoms with Gasteiger partial charge in [0.15, 0.2) is 5.01 Å². The number of hydrogen-bond acceptors (Lipinski definition) is 7. The molecule has 0 radical (unpaired) electrons. The van der Waals surface area contributed by atoms with E-state index in [9.17, 15) is 0 Å². The maximum atomic E-state index is 4.29. The minimum atomic E-state index is 0.367. The molecule has 7 heteroatoms. The molecule has 0 aromatic carbocycles. The fourth-order valence-corrected chi connectivity index (χ4v) is 3.57. The Morgan fingerprint density at radius 3 is 2.60 bits per heavy atom. The van der Waals surface area contributed by atoms with Gasteiger partial charge in [0, 0.05) is 12.5 Å². The van der Waals surface area contributed by atoms with Gasteiger partial charge in [-0.1, -0.05) is 43.5 Å². The first-order chi connectivity index (χ1) is 9.58. The lowest BCUT2D eigenvalue weighted by atomic mass is 10.1. The summed E-state index contributed by atoms with van der Waals surface area (Å²) in [5, 5.41) is 18.2. The predicted octanol–water partition coefficient (Wildman–Crippen LogP) is 3.11. The largest absolute Gasteiger partial charge is 0.315 e. The Balaban J connectivity index is 1.96. The van der Waals surface area contributed by atoms with Crippen molar-refractivity contribution in [1.29, 1.82) is 0 Å². The summed E-state index contributed by atoms with van der Waals surface area (Å²) in [4.78, 5) is 1.07. The third-order valence-electron chi connectivity index (χ3n) is 2.84. The van der Waals surface area contributed by atoms with Gasteiger partial charge in [0.2, 0.25) is 0 Å². The summed E-state index contributed by atoms with van der Waals surface area (Å²) in [5.74, 6) is 0.367. The average molecular weight is 311 g/mol. The fraction of sp³-hybridized carbons (Fsp3) is 0.692. The lowest BCUT2D eigenvalue weighted by molar-refractivity contribution is 0.569. The molecule has 0 unspecified atom stereocenters. The third kappa shape index (κ3) is 4.04. The topological polar surface area (TPSA) is 63.6 Å². The van der Waals surface area contributed by atoms with E-state index in [2.05, 4.69) is 52.8 Å². The van der Waals surface area contributed by atoms with Crippen molar-refractivity contribution in [3.05, 3.63) is 10.7 Å². The normalized spacial score (nSPS) is 11.7. The van der Waals surface area contributed by atoms with Crippen LogP contribution in [0.15, 0.2) is 0 Å². The van der Waals surface area contributed by atoms with Crippen LogP contribution in [-0.4, -0.2) is 32.4 Å².